The minimum absolute atomic E-state index is 0.156. The third-order valence-electron chi connectivity index (χ3n) is 4.64. The van der Waals surface area contributed by atoms with Gasteiger partial charge in [0.25, 0.3) is 0 Å². The number of nitrogens with two attached hydrogens (primary N) is 1. The predicted molar refractivity (Wildman–Crippen MR) is 105 cm³/mol. The van der Waals surface area contributed by atoms with E-state index in [4.69, 9.17) is 11.0 Å². The van der Waals surface area contributed by atoms with Crippen molar-refractivity contribution in [3.05, 3.63) is 40.3 Å². The fourth-order valence-corrected chi connectivity index (χ4v) is 9.02. The van der Waals surface area contributed by atoms with E-state index in [0.717, 1.165) is 16.0 Å². The Morgan fingerprint density at radius 3 is 2.73 bits per heavy atom. The van der Waals surface area contributed by atoms with Gasteiger partial charge in [-0.05, 0) is 36.4 Å². The second-order valence-electron chi connectivity index (χ2n) is 6.99. The molecule has 2 N–H and O–H groups in total. The van der Waals surface area contributed by atoms with Crippen LogP contribution in [0.4, 0.5) is 0 Å². The molecular weight excluding hydrogens is 388 g/mol. The Hall–Kier alpha value is -1.89. The maximum absolute atomic E-state index is 11.7. The summed E-state index contributed by atoms with van der Waals surface area (Å²) in [5.74, 6) is 0.311. The van der Waals surface area contributed by atoms with Gasteiger partial charge in [0.2, 0.25) is 0 Å². The van der Waals surface area contributed by atoms with Gasteiger partial charge in [-0.15, -0.1) is 11.3 Å². The maximum Gasteiger partial charge on any atom is 0.155 e. The Labute approximate surface area is 160 Å². The summed E-state index contributed by atoms with van der Waals surface area (Å²) in [6, 6.07) is 5.94. The first-order chi connectivity index (χ1) is 12.2. The Morgan fingerprint density at radius 2 is 2.04 bits per heavy atom. The quantitative estimate of drug-likeness (QED) is 0.824. The van der Waals surface area contributed by atoms with Gasteiger partial charge in [-0.1, -0.05) is 11.8 Å². The van der Waals surface area contributed by atoms with Gasteiger partial charge in [0.05, 0.1) is 27.4 Å². The third kappa shape index (κ3) is 3.02. The Balaban J connectivity index is 1.68. The molecule has 0 bridgehead atoms. The van der Waals surface area contributed by atoms with E-state index in [2.05, 4.69) is 16.0 Å². The van der Waals surface area contributed by atoms with E-state index in [1.54, 1.807) is 23.6 Å². The third-order valence-corrected chi connectivity index (χ3v) is 9.34. The van der Waals surface area contributed by atoms with Crippen LogP contribution < -0.4 is 5.73 Å². The van der Waals surface area contributed by atoms with E-state index < -0.39 is 15.4 Å². The molecule has 1 unspecified atom stereocenters. The van der Waals surface area contributed by atoms with Gasteiger partial charge < -0.3 is 5.73 Å². The average molecular weight is 405 g/mol. The largest absolute Gasteiger partial charge is 0.378 e. The molecule has 0 saturated carbocycles. The van der Waals surface area contributed by atoms with E-state index in [1.807, 2.05) is 18.4 Å². The molecule has 4 rings (SSSR count). The fraction of sp³-hybridized carbons (Fsp3) is 0.353. The van der Waals surface area contributed by atoms with Crippen LogP contribution in [0.2, 0.25) is 0 Å². The molecule has 9 heteroatoms. The molecule has 134 valence electrons. The van der Waals surface area contributed by atoms with Gasteiger partial charge in [-0.25, -0.2) is 8.42 Å². The van der Waals surface area contributed by atoms with Crippen LogP contribution in [0.25, 0.3) is 11.1 Å². The number of aromatic nitrogens is 1. The van der Waals surface area contributed by atoms with E-state index in [-0.39, 0.29) is 16.3 Å². The first-order valence-electron chi connectivity index (χ1n) is 7.92. The van der Waals surface area contributed by atoms with E-state index in [9.17, 15) is 8.42 Å². The van der Waals surface area contributed by atoms with Gasteiger partial charge in [0, 0.05) is 22.8 Å². The number of nitriles is 1. The summed E-state index contributed by atoms with van der Waals surface area (Å²) >= 11 is 2.96. The molecule has 2 aliphatic heterocycles. The van der Waals surface area contributed by atoms with Crippen LogP contribution in [-0.2, 0) is 15.4 Å². The summed E-state index contributed by atoms with van der Waals surface area (Å²) < 4.78 is 23.1. The number of rotatable bonds is 2. The zero-order chi connectivity index (χ0) is 18.6. The topological polar surface area (TPSA) is 109 Å². The van der Waals surface area contributed by atoms with Gasteiger partial charge in [0.15, 0.2) is 15.0 Å². The lowest BCUT2D eigenvalue weighted by Crippen LogP contribution is -2.57. The van der Waals surface area contributed by atoms with Gasteiger partial charge in [-0.2, -0.15) is 5.26 Å². The molecule has 2 aromatic heterocycles. The zero-order valence-corrected chi connectivity index (χ0v) is 16.4. The van der Waals surface area contributed by atoms with E-state index in [1.165, 1.54) is 18.0 Å². The first kappa shape index (κ1) is 17.5. The maximum atomic E-state index is 11.7. The molecule has 0 radical (unpaired) electrons. The van der Waals surface area contributed by atoms with Crippen LogP contribution in [0.5, 0.6) is 0 Å². The minimum atomic E-state index is -2.96. The van der Waals surface area contributed by atoms with Crippen molar-refractivity contribution in [2.24, 2.45) is 10.7 Å². The standard InChI is InChI=1S/C17H16N4O2S3/c1-16(8-17(25-15(19)21-16)9-26(22,23)10-17)14-3-13(7-24-14)12-2-11(4-18)5-20-6-12/h2-3,5-7H,8-10H2,1H3,(H2,19,21). The van der Waals surface area contributed by atoms with Crippen LogP contribution in [0, 0.1) is 11.3 Å². The van der Waals surface area contributed by atoms with E-state index in [0.29, 0.717) is 17.2 Å². The van der Waals surface area contributed by atoms with Crippen molar-refractivity contribution in [2.45, 2.75) is 23.6 Å². The molecule has 0 amide bonds. The fourth-order valence-electron chi connectivity index (χ4n) is 3.68. The summed E-state index contributed by atoms with van der Waals surface area (Å²) in [6.07, 6.45) is 3.90. The number of amidine groups is 1. The van der Waals surface area contributed by atoms with Crippen LogP contribution in [0.3, 0.4) is 0 Å². The normalized spacial score (nSPS) is 25.9. The number of hydrogen-bond acceptors (Lipinski definition) is 8. The van der Waals surface area contributed by atoms with Crippen molar-refractivity contribution in [1.29, 1.82) is 5.26 Å². The molecule has 1 spiro atoms. The zero-order valence-electron chi connectivity index (χ0n) is 14.0. The number of nitrogens with zero attached hydrogens (tertiary/aromatic N) is 3. The monoisotopic (exact) mass is 404 g/mol. The molecule has 0 aliphatic carbocycles. The van der Waals surface area contributed by atoms with Crippen LogP contribution in [-0.4, -0.2) is 34.8 Å². The molecular formula is C17H16N4O2S3. The average Bonchev–Trinajstić information content (AvgIpc) is 3.03. The Bertz CT molecular complexity index is 1060. The lowest BCUT2D eigenvalue weighted by Gasteiger charge is -2.47. The summed E-state index contributed by atoms with van der Waals surface area (Å²) in [5.41, 5.74) is 7.86. The molecule has 1 saturated heterocycles. The highest BCUT2D eigenvalue weighted by Crippen LogP contribution is 2.52. The number of hydrogen-bond donors (Lipinski definition) is 1. The van der Waals surface area contributed by atoms with Crippen molar-refractivity contribution in [3.8, 4) is 17.2 Å². The molecule has 26 heavy (non-hydrogen) atoms. The highest BCUT2D eigenvalue weighted by Gasteiger charge is 2.55. The molecule has 4 heterocycles. The first-order valence-corrected chi connectivity index (χ1v) is 11.4. The minimum Gasteiger partial charge on any atom is -0.378 e. The number of thioether (sulfide) groups is 1. The van der Waals surface area contributed by atoms with Crippen molar-refractivity contribution in [2.75, 3.05) is 11.5 Å². The number of sulfone groups is 1. The lowest BCUT2D eigenvalue weighted by molar-refractivity contribution is 0.394. The van der Waals surface area contributed by atoms with Crippen molar-refractivity contribution in [1.82, 2.24) is 4.98 Å². The lowest BCUT2D eigenvalue weighted by atomic mass is 9.88. The van der Waals surface area contributed by atoms with Gasteiger partial charge >= 0.3 is 0 Å². The van der Waals surface area contributed by atoms with Crippen molar-refractivity contribution in [3.63, 3.8) is 0 Å². The van der Waals surface area contributed by atoms with Crippen molar-refractivity contribution < 1.29 is 8.42 Å². The summed E-state index contributed by atoms with van der Waals surface area (Å²) in [6.45, 7) is 2.01. The number of aliphatic imine (C=N–C) groups is 1. The number of thiophene rings is 1. The summed E-state index contributed by atoms with van der Waals surface area (Å²) in [4.78, 5) is 9.79. The van der Waals surface area contributed by atoms with Crippen LogP contribution >= 0.6 is 23.1 Å². The van der Waals surface area contributed by atoms with E-state index >= 15 is 0 Å². The SMILES string of the molecule is CC1(c2cc(-c3cncc(C#N)c3)cs2)CC2(CS(=O)(=O)C2)SC(N)=N1. The second kappa shape index (κ2) is 5.81. The van der Waals surface area contributed by atoms with Crippen molar-refractivity contribution >= 4 is 38.1 Å². The number of pyridine rings is 1. The molecule has 2 aromatic rings. The molecule has 0 aromatic carbocycles. The highest BCUT2D eigenvalue weighted by atomic mass is 32.2. The summed E-state index contributed by atoms with van der Waals surface area (Å²) in [5, 5.41) is 11.5. The van der Waals surface area contributed by atoms with Gasteiger partial charge in [-0.3, -0.25) is 9.98 Å². The predicted octanol–water partition coefficient (Wildman–Crippen LogP) is 2.52. The molecule has 1 atom stereocenters. The van der Waals surface area contributed by atoms with Crippen LogP contribution in [0.1, 0.15) is 23.8 Å². The summed E-state index contributed by atoms with van der Waals surface area (Å²) in [7, 11) is -2.96. The van der Waals surface area contributed by atoms with Crippen LogP contribution in [0.15, 0.2) is 34.9 Å². The Morgan fingerprint density at radius 1 is 1.27 bits per heavy atom. The second-order valence-corrected chi connectivity index (χ2v) is 11.5. The Kier molecular flexibility index (Phi) is 3.91. The van der Waals surface area contributed by atoms with Gasteiger partial charge in [0.1, 0.15) is 6.07 Å². The molecule has 6 nitrogen and oxygen atoms in total. The highest BCUT2D eigenvalue weighted by molar-refractivity contribution is 8.17. The smallest absolute Gasteiger partial charge is 0.155 e. The molecule has 1 fully saturated rings. The molecule has 2 aliphatic rings.